The first-order valence-electron chi connectivity index (χ1n) is 4.94. The van der Waals surface area contributed by atoms with Gasteiger partial charge in [-0.1, -0.05) is 0 Å². The summed E-state index contributed by atoms with van der Waals surface area (Å²) in [7, 11) is -3.59. The maximum absolute atomic E-state index is 13.0. The fourth-order valence-electron chi connectivity index (χ4n) is 1.40. The number of sulfonamides is 1. The third-order valence-corrected chi connectivity index (χ3v) is 4.28. The SMILES string of the molecule is O=C(O)c1ccc(F)cc1NS(=O)(=O)C1CC1. The van der Waals surface area contributed by atoms with Crippen LogP contribution in [0.4, 0.5) is 10.1 Å². The molecule has 0 atom stereocenters. The molecule has 1 fully saturated rings. The summed E-state index contributed by atoms with van der Waals surface area (Å²) in [5, 5.41) is 8.36. The molecule has 0 unspecified atom stereocenters. The van der Waals surface area contributed by atoms with Crippen molar-refractivity contribution in [3.63, 3.8) is 0 Å². The summed E-state index contributed by atoms with van der Waals surface area (Å²) in [5.41, 5.74) is -0.500. The summed E-state index contributed by atoms with van der Waals surface area (Å²) in [5.74, 6) is -2.00. The molecule has 1 aromatic carbocycles. The molecule has 0 amide bonds. The van der Waals surface area contributed by atoms with Crippen LogP contribution in [0.2, 0.25) is 0 Å². The highest BCUT2D eigenvalue weighted by atomic mass is 32.2. The van der Waals surface area contributed by atoms with E-state index in [1.165, 1.54) is 0 Å². The second-order valence-corrected chi connectivity index (χ2v) is 5.80. The Morgan fingerprint density at radius 3 is 2.59 bits per heavy atom. The maximum atomic E-state index is 13.0. The first-order chi connectivity index (χ1) is 7.90. The van der Waals surface area contributed by atoms with Crippen molar-refractivity contribution in [3.05, 3.63) is 29.6 Å². The van der Waals surface area contributed by atoms with Crippen molar-refractivity contribution in [2.24, 2.45) is 0 Å². The van der Waals surface area contributed by atoms with Crippen LogP contribution in [0, 0.1) is 5.82 Å². The molecule has 1 aliphatic carbocycles. The van der Waals surface area contributed by atoms with E-state index in [0.717, 1.165) is 18.2 Å². The Balaban J connectivity index is 2.37. The van der Waals surface area contributed by atoms with Crippen molar-refractivity contribution in [1.82, 2.24) is 0 Å². The second kappa shape index (κ2) is 3.99. The Kier molecular flexibility index (Phi) is 2.78. The van der Waals surface area contributed by atoms with Gasteiger partial charge in [0.25, 0.3) is 0 Å². The van der Waals surface area contributed by atoms with E-state index in [0.29, 0.717) is 12.8 Å². The van der Waals surface area contributed by atoms with E-state index in [1.54, 1.807) is 0 Å². The monoisotopic (exact) mass is 259 g/mol. The summed E-state index contributed by atoms with van der Waals surface area (Å²) >= 11 is 0. The third kappa shape index (κ3) is 2.55. The number of hydrogen-bond acceptors (Lipinski definition) is 3. The number of carboxylic acid groups (broad SMARTS) is 1. The van der Waals surface area contributed by atoms with Gasteiger partial charge < -0.3 is 5.11 Å². The minimum absolute atomic E-state index is 0.232. The second-order valence-electron chi connectivity index (χ2n) is 3.84. The lowest BCUT2D eigenvalue weighted by Gasteiger charge is -2.09. The van der Waals surface area contributed by atoms with Crippen LogP contribution in [0.1, 0.15) is 23.2 Å². The van der Waals surface area contributed by atoms with E-state index in [2.05, 4.69) is 4.72 Å². The molecule has 7 heteroatoms. The van der Waals surface area contributed by atoms with Gasteiger partial charge in [0.15, 0.2) is 0 Å². The van der Waals surface area contributed by atoms with Gasteiger partial charge in [-0.15, -0.1) is 0 Å². The predicted molar refractivity (Wildman–Crippen MR) is 58.9 cm³/mol. The van der Waals surface area contributed by atoms with E-state index >= 15 is 0 Å². The molecule has 0 heterocycles. The van der Waals surface area contributed by atoms with Crippen LogP contribution in [-0.4, -0.2) is 24.7 Å². The molecule has 0 aromatic heterocycles. The van der Waals surface area contributed by atoms with Crippen LogP contribution in [0.3, 0.4) is 0 Å². The number of hydrogen-bond donors (Lipinski definition) is 2. The fraction of sp³-hybridized carbons (Fsp3) is 0.300. The molecule has 1 aliphatic rings. The number of carboxylic acids is 1. The van der Waals surface area contributed by atoms with Gasteiger partial charge in [-0.25, -0.2) is 17.6 Å². The first-order valence-corrected chi connectivity index (χ1v) is 6.49. The molecule has 0 radical (unpaired) electrons. The molecule has 0 spiro atoms. The zero-order valence-corrected chi connectivity index (χ0v) is 9.50. The molecule has 0 bridgehead atoms. The van der Waals surface area contributed by atoms with Crippen molar-refractivity contribution in [3.8, 4) is 0 Å². The van der Waals surface area contributed by atoms with Crippen LogP contribution < -0.4 is 4.72 Å². The van der Waals surface area contributed by atoms with Gasteiger partial charge in [-0.3, -0.25) is 4.72 Å². The van der Waals surface area contributed by atoms with Crippen LogP contribution in [0.15, 0.2) is 18.2 Å². The Morgan fingerprint density at radius 2 is 2.06 bits per heavy atom. The van der Waals surface area contributed by atoms with Crippen LogP contribution in [0.5, 0.6) is 0 Å². The number of nitrogens with one attached hydrogen (secondary N) is 1. The number of anilines is 1. The van der Waals surface area contributed by atoms with Crippen molar-refractivity contribution in [1.29, 1.82) is 0 Å². The molecule has 1 aromatic rings. The predicted octanol–water partition coefficient (Wildman–Crippen LogP) is 1.43. The highest BCUT2D eigenvalue weighted by molar-refractivity contribution is 7.93. The van der Waals surface area contributed by atoms with Gasteiger partial charge in [0, 0.05) is 0 Å². The van der Waals surface area contributed by atoms with Gasteiger partial charge >= 0.3 is 5.97 Å². The van der Waals surface area contributed by atoms with Crippen LogP contribution in [0.25, 0.3) is 0 Å². The maximum Gasteiger partial charge on any atom is 0.337 e. The van der Waals surface area contributed by atoms with E-state index in [-0.39, 0.29) is 11.3 Å². The topological polar surface area (TPSA) is 83.5 Å². The lowest BCUT2D eigenvalue weighted by Crippen LogP contribution is -2.19. The largest absolute Gasteiger partial charge is 0.478 e. The number of aromatic carboxylic acids is 1. The average molecular weight is 259 g/mol. The van der Waals surface area contributed by atoms with E-state index in [9.17, 15) is 17.6 Å². The fourth-order valence-corrected chi connectivity index (χ4v) is 2.80. The molecule has 0 saturated heterocycles. The summed E-state index contributed by atoms with van der Waals surface area (Å²) in [6, 6.07) is 2.87. The van der Waals surface area contributed by atoms with E-state index in [4.69, 9.17) is 5.11 Å². The summed E-state index contributed by atoms with van der Waals surface area (Å²) in [6.07, 6.45) is 1.10. The Hall–Kier alpha value is -1.63. The minimum atomic E-state index is -3.59. The minimum Gasteiger partial charge on any atom is -0.478 e. The number of rotatable bonds is 4. The van der Waals surface area contributed by atoms with Crippen molar-refractivity contribution in [2.75, 3.05) is 4.72 Å². The molecular weight excluding hydrogens is 249 g/mol. The first kappa shape index (κ1) is 11.8. The molecule has 0 aliphatic heterocycles. The van der Waals surface area contributed by atoms with Gasteiger partial charge in [-0.05, 0) is 31.0 Å². The zero-order chi connectivity index (χ0) is 12.6. The number of halogens is 1. The normalized spacial score (nSPS) is 15.6. The highest BCUT2D eigenvalue weighted by Gasteiger charge is 2.36. The Labute approximate surface area is 97.3 Å². The third-order valence-electron chi connectivity index (χ3n) is 2.43. The number of benzene rings is 1. The molecule has 5 nitrogen and oxygen atoms in total. The molecule has 92 valence electrons. The molecule has 17 heavy (non-hydrogen) atoms. The van der Waals surface area contributed by atoms with E-state index in [1.807, 2.05) is 0 Å². The van der Waals surface area contributed by atoms with Crippen molar-refractivity contribution < 1.29 is 22.7 Å². The van der Waals surface area contributed by atoms with Gasteiger partial charge in [-0.2, -0.15) is 0 Å². The van der Waals surface area contributed by atoms with Crippen LogP contribution in [-0.2, 0) is 10.0 Å². The molecule has 2 rings (SSSR count). The van der Waals surface area contributed by atoms with E-state index < -0.39 is 27.1 Å². The van der Waals surface area contributed by atoms with Gasteiger partial charge in [0.2, 0.25) is 10.0 Å². The Bertz CT molecular complexity index is 566. The molecule has 2 N–H and O–H groups in total. The summed E-state index contributed by atoms with van der Waals surface area (Å²) in [4.78, 5) is 10.8. The average Bonchev–Trinajstić information content (AvgIpc) is 2.99. The molecule has 1 saturated carbocycles. The number of carbonyl (C=O) groups is 1. The smallest absolute Gasteiger partial charge is 0.337 e. The quantitative estimate of drug-likeness (QED) is 0.856. The lowest BCUT2D eigenvalue weighted by atomic mass is 10.2. The van der Waals surface area contributed by atoms with Crippen molar-refractivity contribution in [2.45, 2.75) is 18.1 Å². The van der Waals surface area contributed by atoms with Crippen molar-refractivity contribution >= 4 is 21.7 Å². The van der Waals surface area contributed by atoms with Gasteiger partial charge in [0.05, 0.1) is 16.5 Å². The lowest BCUT2D eigenvalue weighted by molar-refractivity contribution is 0.0698. The summed E-state index contributed by atoms with van der Waals surface area (Å²) < 4.78 is 38.3. The highest BCUT2D eigenvalue weighted by Crippen LogP contribution is 2.30. The summed E-state index contributed by atoms with van der Waals surface area (Å²) in [6.45, 7) is 0. The standard InChI is InChI=1S/C10H10FNO4S/c11-6-1-4-8(10(13)14)9(5-6)12-17(15,16)7-2-3-7/h1,4-5,7,12H,2-3H2,(H,13,14). The van der Waals surface area contributed by atoms with Gasteiger partial charge in [0.1, 0.15) is 5.82 Å². The molecular formula is C10H10FNO4S. The zero-order valence-electron chi connectivity index (χ0n) is 8.68. The van der Waals surface area contributed by atoms with Crippen LogP contribution >= 0.6 is 0 Å². The Morgan fingerprint density at radius 1 is 1.41 bits per heavy atom.